The first-order valence-corrected chi connectivity index (χ1v) is 7.11. The van der Waals surface area contributed by atoms with Crippen molar-refractivity contribution in [3.63, 3.8) is 0 Å². The van der Waals surface area contributed by atoms with Gasteiger partial charge in [-0.25, -0.2) is 8.78 Å². The summed E-state index contributed by atoms with van der Waals surface area (Å²) in [6.07, 6.45) is 3.41. The van der Waals surface area contributed by atoms with E-state index in [1.165, 1.54) is 6.07 Å². The van der Waals surface area contributed by atoms with Gasteiger partial charge in [-0.15, -0.1) is 12.4 Å². The second-order valence-electron chi connectivity index (χ2n) is 5.67. The Balaban J connectivity index is 0.00000161. The number of carbonyl (C=O) groups is 1. The predicted molar refractivity (Wildman–Crippen MR) is 79.5 cm³/mol. The van der Waals surface area contributed by atoms with E-state index in [1.807, 2.05) is 0 Å². The molecule has 0 aromatic heterocycles. The molecule has 2 atom stereocenters. The van der Waals surface area contributed by atoms with Gasteiger partial charge in [-0.05, 0) is 43.4 Å². The first-order chi connectivity index (χ1) is 9.61. The third-order valence-electron chi connectivity index (χ3n) is 4.56. The monoisotopic (exact) mass is 316 g/mol. The summed E-state index contributed by atoms with van der Waals surface area (Å²) in [5.41, 5.74) is 6.95. The zero-order valence-corrected chi connectivity index (χ0v) is 12.5. The maximum Gasteiger partial charge on any atom is 0.230 e. The number of hydrogen-bond acceptors (Lipinski definition) is 2. The summed E-state index contributed by atoms with van der Waals surface area (Å²) in [4.78, 5) is 14.2. The molecule has 21 heavy (non-hydrogen) atoms. The zero-order chi connectivity index (χ0) is 14.3. The molecule has 0 saturated heterocycles. The second-order valence-corrected chi connectivity index (χ2v) is 5.67. The van der Waals surface area contributed by atoms with Crippen LogP contribution < -0.4 is 10.6 Å². The molecule has 116 valence electrons. The van der Waals surface area contributed by atoms with Crippen LogP contribution in [-0.2, 0) is 11.2 Å². The average molecular weight is 317 g/mol. The van der Waals surface area contributed by atoms with Crippen LogP contribution in [0.5, 0.6) is 0 Å². The highest BCUT2D eigenvalue weighted by Crippen LogP contribution is 2.37. The molecule has 1 heterocycles. The van der Waals surface area contributed by atoms with Crippen LogP contribution in [-0.4, -0.2) is 19.0 Å². The molecular formula is C15H19ClF2N2O. The molecule has 1 aromatic carbocycles. The fraction of sp³-hybridized carbons (Fsp3) is 0.533. The van der Waals surface area contributed by atoms with Gasteiger partial charge in [0.1, 0.15) is 0 Å². The van der Waals surface area contributed by atoms with Crippen LogP contribution in [0.1, 0.15) is 24.8 Å². The molecule has 6 heteroatoms. The maximum atomic E-state index is 13.4. The summed E-state index contributed by atoms with van der Waals surface area (Å²) in [5.74, 6) is -1.58. The van der Waals surface area contributed by atoms with E-state index in [1.54, 1.807) is 4.90 Å². The Morgan fingerprint density at radius 1 is 1.29 bits per heavy atom. The minimum Gasteiger partial charge on any atom is -0.330 e. The molecule has 1 amide bonds. The lowest BCUT2D eigenvalue weighted by atomic mass is 9.94. The highest BCUT2D eigenvalue weighted by molar-refractivity contribution is 5.97. The van der Waals surface area contributed by atoms with E-state index in [2.05, 4.69) is 0 Å². The van der Waals surface area contributed by atoms with E-state index < -0.39 is 11.6 Å². The Morgan fingerprint density at radius 3 is 2.71 bits per heavy atom. The Morgan fingerprint density at radius 2 is 2.00 bits per heavy atom. The molecule has 0 bridgehead atoms. The van der Waals surface area contributed by atoms with E-state index in [9.17, 15) is 13.6 Å². The Bertz CT molecular complexity index is 553. The van der Waals surface area contributed by atoms with Crippen LogP contribution in [0.15, 0.2) is 12.1 Å². The van der Waals surface area contributed by atoms with E-state index in [4.69, 9.17) is 5.73 Å². The fourth-order valence-corrected chi connectivity index (χ4v) is 3.45. The van der Waals surface area contributed by atoms with Gasteiger partial charge in [0.2, 0.25) is 5.91 Å². The normalized spacial score (nSPS) is 23.9. The first-order valence-electron chi connectivity index (χ1n) is 7.11. The van der Waals surface area contributed by atoms with Gasteiger partial charge in [0.25, 0.3) is 0 Å². The smallest absolute Gasteiger partial charge is 0.230 e. The van der Waals surface area contributed by atoms with Gasteiger partial charge in [-0.1, -0.05) is 6.42 Å². The summed E-state index contributed by atoms with van der Waals surface area (Å²) in [6, 6.07) is 2.34. The third kappa shape index (κ3) is 2.77. The van der Waals surface area contributed by atoms with Crippen molar-refractivity contribution in [2.24, 2.45) is 17.6 Å². The minimum absolute atomic E-state index is 0. The number of nitrogens with zero attached hydrogens (tertiary/aromatic N) is 1. The molecule has 1 aliphatic carbocycles. The summed E-state index contributed by atoms with van der Waals surface area (Å²) in [6.45, 7) is 1.01. The highest BCUT2D eigenvalue weighted by Gasteiger charge is 2.37. The molecule has 1 saturated carbocycles. The molecule has 3 rings (SSSR count). The number of halogens is 3. The standard InChI is InChI=1S/C15H18F2N2O.ClH/c16-12-6-9-4-5-19(14(9)7-13(12)17)15(20)11-3-1-2-10(11)8-18;/h6-7,10-11H,1-5,8,18H2;1H/t10-,11-;/m1./s1. The summed E-state index contributed by atoms with van der Waals surface area (Å²) in [5, 5.41) is 0. The van der Waals surface area contributed by atoms with Gasteiger partial charge in [-0.3, -0.25) is 4.79 Å². The van der Waals surface area contributed by atoms with Crippen LogP contribution in [0.3, 0.4) is 0 Å². The van der Waals surface area contributed by atoms with Crippen molar-refractivity contribution in [3.8, 4) is 0 Å². The summed E-state index contributed by atoms with van der Waals surface area (Å²) in [7, 11) is 0. The van der Waals surface area contributed by atoms with Gasteiger partial charge in [0, 0.05) is 18.5 Å². The average Bonchev–Trinajstić information content (AvgIpc) is 3.05. The Labute approximate surface area is 128 Å². The molecule has 1 aromatic rings. The molecule has 1 aliphatic heterocycles. The van der Waals surface area contributed by atoms with Crippen molar-refractivity contribution < 1.29 is 13.6 Å². The molecule has 2 aliphatic rings. The fourth-order valence-electron chi connectivity index (χ4n) is 3.45. The third-order valence-corrected chi connectivity index (χ3v) is 4.56. The SMILES string of the molecule is Cl.NC[C@H]1CCC[C@H]1C(=O)N1CCc2cc(F)c(F)cc21. The Hall–Kier alpha value is -1.20. The lowest BCUT2D eigenvalue weighted by Gasteiger charge is -2.24. The summed E-state index contributed by atoms with van der Waals surface area (Å²) >= 11 is 0. The molecule has 2 N–H and O–H groups in total. The maximum absolute atomic E-state index is 13.4. The number of hydrogen-bond donors (Lipinski definition) is 1. The van der Waals surface area contributed by atoms with E-state index in [-0.39, 0.29) is 30.2 Å². The quantitative estimate of drug-likeness (QED) is 0.911. The molecule has 3 nitrogen and oxygen atoms in total. The molecule has 0 spiro atoms. The largest absolute Gasteiger partial charge is 0.330 e. The zero-order valence-electron chi connectivity index (χ0n) is 11.6. The topological polar surface area (TPSA) is 46.3 Å². The Kier molecular flexibility index (Phi) is 4.84. The van der Waals surface area contributed by atoms with Crippen molar-refractivity contribution in [3.05, 3.63) is 29.3 Å². The van der Waals surface area contributed by atoms with Crippen molar-refractivity contribution in [2.75, 3.05) is 18.0 Å². The van der Waals surface area contributed by atoms with Crippen molar-refractivity contribution in [1.29, 1.82) is 0 Å². The number of fused-ring (bicyclic) bond motifs is 1. The lowest BCUT2D eigenvalue weighted by molar-refractivity contribution is -0.123. The van der Waals surface area contributed by atoms with Crippen molar-refractivity contribution in [2.45, 2.75) is 25.7 Å². The molecular weight excluding hydrogens is 298 g/mol. The van der Waals surface area contributed by atoms with Crippen LogP contribution in [0.4, 0.5) is 14.5 Å². The number of anilines is 1. The molecule has 0 unspecified atom stereocenters. The highest BCUT2D eigenvalue weighted by atomic mass is 35.5. The number of nitrogens with two attached hydrogens (primary N) is 1. The minimum atomic E-state index is -0.898. The molecule has 1 fully saturated rings. The van der Waals surface area contributed by atoms with Gasteiger partial charge >= 0.3 is 0 Å². The number of carbonyl (C=O) groups excluding carboxylic acids is 1. The number of benzene rings is 1. The van der Waals surface area contributed by atoms with E-state index in [0.717, 1.165) is 25.3 Å². The second kappa shape index (κ2) is 6.28. The van der Waals surface area contributed by atoms with Crippen LogP contribution in [0.25, 0.3) is 0 Å². The molecule has 0 radical (unpaired) electrons. The number of rotatable bonds is 2. The van der Waals surface area contributed by atoms with E-state index >= 15 is 0 Å². The number of amides is 1. The van der Waals surface area contributed by atoms with Crippen LogP contribution >= 0.6 is 12.4 Å². The van der Waals surface area contributed by atoms with Gasteiger partial charge in [-0.2, -0.15) is 0 Å². The van der Waals surface area contributed by atoms with Crippen molar-refractivity contribution in [1.82, 2.24) is 0 Å². The van der Waals surface area contributed by atoms with E-state index in [0.29, 0.717) is 30.8 Å². The predicted octanol–water partition coefficient (Wildman–Crippen LogP) is 2.65. The lowest BCUT2D eigenvalue weighted by Crippen LogP contribution is -2.38. The van der Waals surface area contributed by atoms with Gasteiger partial charge in [0.15, 0.2) is 11.6 Å². The summed E-state index contributed by atoms with van der Waals surface area (Å²) < 4.78 is 26.6. The van der Waals surface area contributed by atoms with Crippen LogP contribution in [0, 0.1) is 23.5 Å². The van der Waals surface area contributed by atoms with Crippen LogP contribution in [0.2, 0.25) is 0 Å². The van der Waals surface area contributed by atoms with Gasteiger partial charge in [0.05, 0.1) is 5.69 Å². The van der Waals surface area contributed by atoms with Crippen molar-refractivity contribution >= 4 is 24.0 Å². The first kappa shape index (κ1) is 16.2. The van der Waals surface area contributed by atoms with Gasteiger partial charge < -0.3 is 10.6 Å².